The Balaban J connectivity index is 2.18. The third kappa shape index (κ3) is 3.16. The SMILES string of the molecule is CNCC1CCN(c2cnn(CCO)c(=O)c2Br)C1. The van der Waals surface area contributed by atoms with Crippen LogP contribution < -0.4 is 15.8 Å². The van der Waals surface area contributed by atoms with Gasteiger partial charge in [-0.05, 0) is 41.9 Å². The average molecular weight is 331 g/mol. The zero-order valence-corrected chi connectivity index (χ0v) is 12.6. The molecule has 106 valence electrons. The van der Waals surface area contributed by atoms with Crippen molar-refractivity contribution >= 4 is 21.6 Å². The first-order valence-electron chi connectivity index (χ1n) is 6.43. The molecule has 19 heavy (non-hydrogen) atoms. The van der Waals surface area contributed by atoms with E-state index in [1.54, 1.807) is 6.20 Å². The van der Waals surface area contributed by atoms with Crippen LogP contribution in [0, 0.1) is 5.92 Å². The molecule has 1 unspecified atom stereocenters. The lowest BCUT2D eigenvalue weighted by Crippen LogP contribution is -2.30. The molecule has 2 rings (SSSR count). The van der Waals surface area contributed by atoms with Crippen molar-refractivity contribution in [1.82, 2.24) is 15.1 Å². The number of hydrogen-bond acceptors (Lipinski definition) is 5. The van der Waals surface area contributed by atoms with Crippen LogP contribution in [-0.4, -0.2) is 48.2 Å². The molecule has 0 radical (unpaired) electrons. The second-order valence-electron chi connectivity index (χ2n) is 4.75. The first-order chi connectivity index (χ1) is 9.17. The summed E-state index contributed by atoms with van der Waals surface area (Å²) in [7, 11) is 1.95. The summed E-state index contributed by atoms with van der Waals surface area (Å²) in [6.45, 7) is 3.00. The number of aromatic nitrogens is 2. The number of hydrogen-bond donors (Lipinski definition) is 2. The number of aliphatic hydroxyl groups is 1. The van der Waals surface area contributed by atoms with Crippen LogP contribution >= 0.6 is 15.9 Å². The lowest BCUT2D eigenvalue weighted by atomic mass is 10.1. The van der Waals surface area contributed by atoms with E-state index in [4.69, 9.17) is 5.11 Å². The summed E-state index contributed by atoms with van der Waals surface area (Å²) in [6.07, 6.45) is 2.82. The van der Waals surface area contributed by atoms with Crippen LogP contribution in [-0.2, 0) is 6.54 Å². The van der Waals surface area contributed by atoms with Crippen molar-refractivity contribution in [3.63, 3.8) is 0 Å². The minimum absolute atomic E-state index is 0.0906. The summed E-state index contributed by atoms with van der Waals surface area (Å²) in [4.78, 5) is 14.2. The molecule has 1 aromatic heterocycles. The molecule has 1 aliphatic rings. The standard InChI is InChI=1S/C12H19BrN4O2/c1-14-6-9-2-3-16(8-9)10-7-15-17(4-5-18)12(19)11(10)13/h7,9,14,18H,2-6,8H2,1H3. The van der Waals surface area contributed by atoms with Gasteiger partial charge in [0.1, 0.15) is 4.47 Å². The van der Waals surface area contributed by atoms with Gasteiger partial charge in [0.15, 0.2) is 0 Å². The van der Waals surface area contributed by atoms with Gasteiger partial charge in [-0.15, -0.1) is 0 Å². The molecule has 1 aromatic rings. The molecule has 1 aliphatic heterocycles. The van der Waals surface area contributed by atoms with Gasteiger partial charge in [-0.2, -0.15) is 5.10 Å². The number of anilines is 1. The van der Waals surface area contributed by atoms with Crippen molar-refractivity contribution in [2.75, 3.05) is 38.2 Å². The second kappa shape index (κ2) is 6.49. The molecule has 0 saturated carbocycles. The number of nitrogens with one attached hydrogen (secondary N) is 1. The highest BCUT2D eigenvalue weighted by Crippen LogP contribution is 2.27. The van der Waals surface area contributed by atoms with E-state index in [0.717, 1.165) is 31.7 Å². The molecule has 0 aromatic carbocycles. The van der Waals surface area contributed by atoms with E-state index in [1.165, 1.54) is 4.68 Å². The quantitative estimate of drug-likeness (QED) is 0.798. The van der Waals surface area contributed by atoms with Gasteiger partial charge in [-0.3, -0.25) is 4.79 Å². The van der Waals surface area contributed by atoms with Gasteiger partial charge in [0.25, 0.3) is 5.56 Å². The maximum atomic E-state index is 12.0. The Morgan fingerprint density at radius 3 is 3.11 bits per heavy atom. The lowest BCUT2D eigenvalue weighted by Gasteiger charge is -2.20. The first kappa shape index (κ1) is 14.5. The molecule has 0 bridgehead atoms. The molecule has 1 fully saturated rings. The van der Waals surface area contributed by atoms with E-state index in [9.17, 15) is 4.79 Å². The molecule has 0 amide bonds. The highest BCUT2D eigenvalue weighted by molar-refractivity contribution is 9.10. The first-order valence-corrected chi connectivity index (χ1v) is 7.22. The van der Waals surface area contributed by atoms with Gasteiger partial charge in [-0.25, -0.2) is 4.68 Å². The minimum Gasteiger partial charge on any atom is -0.394 e. The number of aliphatic hydroxyl groups excluding tert-OH is 1. The molecular weight excluding hydrogens is 312 g/mol. The molecule has 0 aliphatic carbocycles. The summed E-state index contributed by atoms with van der Waals surface area (Å²) in [5.74, 6) is 0.608. The maximum absolute atomic E-state index is 12.0. The second-order valence-corrected chi connectivity index (χ2v) is 5.55. The monoisotopic (exact) mass is 330 g/mol. The van der Waals surface area contributed by atoms with Crippen LogP contribution in [0.5, 0.6) is 0 Å². The normalized spacial score (nSPS) is 19.1. The van der Waals surface area contributed by atoms with Gasteiger partial charge < -0.3 is 15.3 Å². The Bertz CT molecular complexity index is 491. The Morgan fingerprint density at radius 2 is 2.42 bits per heavy atom. The largest absolute Gasteiger partial charge is 0.394 e. The maximum Gasteiger partial charge on any atom is 0.283 e. The van der Waals surface area contributed by atoms with Crippen molar-refractivity contribution in [3.05, 3.63) is 21.0 Å². The molecular formula is C12H19BrN4O2. The van der Waals surface area contributed by atoms with E-state index in [-0.39, 0.29) is 18.7 Å². The van der Waals surface area contributed by atoms with Crippen molar-refractivity contribution < 1.29 is 5.11 Å². The van der Waals surface area contributed by atoms with E-state index >= 15 is 0 Å². The summed E-state index contributed by atoms with van der Waals surface area (Å²) >= 11 is 3.36. The summed E-state index contributed by atoms with van der Waals surface area (Å²) < 4.78 is 1.80. The van der Waals surface area contributed by atoms with Gasteiger partial charge in [0.05, 0.1) is 25.0 Å². The third-order valence-corrected chi connectivity index (χ3v) is 4.14. The fraction of sp³-hybridized carbons (Fsp3) is 0.667. The van der Waals surface area contributed by atoms with Crippen LogP contribution in [0.2, 0.25) is 0 Å². The highest BCUT2D eigenvalue weighted by atomic mass is 79.9. The molecule has 0 spiro atoms. The van der Waals surface area contributed by atoms with Crippen molar-refractivity contribution in [1.29, 1.82) is 0 Å². The van der Waals surface area contributed by atoms with Crippen LogP contribution in [0.25, 0.3) is 0 Å². The Morgan fingerprint density at radius 1 is 1.63 bits per heavy atom. The van der Waals surface area contributed by atoms with Gasteiger partial charge >= 0.3 is 0 Å². The van der Waals surface area contributed by atoms with Gasteiger partial charge in [-0.1, -0.05) is 0 Å². The van der Waals surface area contributed by atoms with E-state index in [1.807, 2.05) is 7.05 Å². The Labute approximate surface area is 120 Å². The predicted molar refractivity (Wildman–Crippen MR) is 77.5 cm³/mol. The summed E-state index contributed by atoms with van der Waals surface area (Å²) in [5, 5.41) is 16.2. The van der Waals surface area contributed by atoms with Crippen LogP contribution in [0.15, 0.2) is 15.5 Å². The van der Waals surface area contributed by atoms with E-state index in [0.29, 0.717) is 10.4 Å². The van der Waals surface area contributed by atoms with E-state index < -0.39 is 0 Å². The smallest absolute Gasteiger partial charge is 0.283 e. The zero-order valence-electron chi connectivity index (χ0n) is 11.0. The fourth-order valence-electron chi connectivity index (χ4n) is 2.44. The average Bonchev–Trinajstić information content (AvgIpc) is 2.84. The topological polar surface area (TPSA) is 70.4 Å². The van der Waals surface area contributed by atoms with Crippen molar-refractivity contribution in [3.8, 4) is 0 Å². The Hall–Kier alpha value is -0.920. The number of halogens is 1. The highest BCUT2D eigenvalue weighted by Gasteiger charge is 2.24. The molecule has 1 saturated heterocycles. The van der Waals surface area contributed by atoms with Crippen LogP contribution in [0.3, 0.4) is 0 Å². The van der Waals surface area contributed by atoms with Crippen LogP contribution in [0.1, 0.15) is 6.42 Å². The predicted octanol–water partition coefficient (Wildman–Crippen LogP) is 0.0438. The van der Waals surface area contributed by atoms with Crippen molar-refractivity contribution in [2.45, 2.75) is 13.0 Å². The molecule has 1 atom stereocenters. The minimum atomic E-state index is -0.191. The molecule has 2 N–H and O–H groups in total. The molecule has 2 heterocycles. The van der Waals surface area contributed by atoms with E-state index in [2.05, 4.69) is 31.2 Å². The molecule has 6 nitrogen and oxygen atoms in total. The summed E-state index contributed by atoms with van der Waals surface area (Å²) in [5.41, 5.74) is 0.654. The zero-order chi connectivity index (χ0) is 13.8. The van der Waals surface area contributed by atoms with Crippen molar-refractivity contribution in [2.24, 2.45) is 5.92 Å². The molecule has 7 heteroatoms. The van der Waals surface area contributed by atoms with Gasteiger partial charge in [0.2, 0.25) is 0 Å². The van der Waals surface area contributed by atoms with Crippen LogP contribution in [0.4, 0.5) is 5.69 Å². The number of nitrogens with zero attached hydrogens (tertiary/aromatic N) is 3. The van der Waals surface area contributed by atoms with Gasteiger partial charge in [0, 0.05) is 13.1 Å². The fourth-order valence-corrected chi connectivity index (χ4v) is 3.00. The lowest BCUT2D eigenvalue weighted by molar-refractivity contribution is 0.266. The number of rotatable bonds is 5. The Kier molecular flexibility index (Phi) is 4.95. The summed E-state index contributed by atoms with van der Waals surface area (Å²) in [6, 6.07) is 0. The third-order valence-electron chi connectivity index (χ3n) is 3.40.